The van der Waals surface area contributed by atoms with Gasteiger partial charge in [0, 0.05) is 52.1 Å². The molecule has 1 amide bonds. The van der Waals surface area contributed by atoms with Gasteiger partial charge in [-0.2, -0.15) is 0 Å². The number of carbonyl (C=O) groups is 1. The molecule has 2 aromatic rings. The minimum atomic E-state index is -0.261. The van der Waals surface area contributed by atoms with Crippen molar-refractivity contribution in [1.82, 2.24) is 14.9 Å². The van der Waals surface area contributed by atoms with Crippen molar-refractivity contribution in [2.24, 2.45) is 0 Å². The van der Waals surface area contributed by atoms with Crippen LogP contribution in [0.25, 0.3) is 10.8 Å². The lowest BCUT2D eigenvalue weighted by atomic mass is 10.1. The smallest absolute Gasteiger partial charge is 0.343 e. The third-order valence-electron chi connectivity index (χ3n) is 6.94. The van der Waals surface area contributed by atoms with E-state index in [1.54, 1.807) is 13.1 Å². The molecule has 1 aromatic heterocycles. The second kappa shape index (κ2) is 13.1. The summed E-state index contributed by atoms with van der Waals surface area (Å²) in [7, 11) is 3.08. The first-order valence-corrected chi connectivity index (χ1v) is 12.4. The Kier molecular flexibility index (Phi) is 10.2. The van der Waals surface area contributed by atoms with Gasteiger partial charge in [-0.25, -0.2) is 9.86 Å². The first-order chi connectivity index (χ1) is 16.8. The van der Waals surface area contributed by atoms with Crippen LogP contribution >= 0.6 is 0 Å². The Labute approximate surface area is 206 Å². The van der Waals surface area contributed by atoms with Crippen molar-refractivity contribution in [3.8, 4) is 0 Å². The number of aliphatic hydroxyl groups is 2. The van der Waals surface area contributed by atoms with Crippen LogP contribution in [0.2, 0.25) is 0 Å². The molecule has 1 aromatic carbocycles. The summed E-state index contributed by atoms with van der Waals surface area (Å²) in [6, 6.07) is 7.89. The Balaban J connectivity index is 0.000000205. The van der Waals surface area contributed by atoms with Gasteiger partial charge in [0.1, 0.15) is 5.76 Å². The molecule has 35 heavy (non-hydrogen) atoms. The Hall–Kier alpha value is -2.30. The zero-order valence-corrected chi connectivity index (χ0v) is 21.1. The van der Waals surface area contributed by atoms with Crippen LogP contribution in [0.1, 0.15) is 37.0 Å². The normalized spacial score (nSPS) is 20.7. The van der Waals surface area contributed by atoms with Gasteiger partial charge in [0.15, 0.2) is 0 Å². The third-order valence-corrected chi connectivity index (χ3v) is 6.94. The molecule has 9 nitrogen and oxygen atoms in total. The van der Waals surface area contributed by atoms with Crippen molar-refractivity contribution in [3.63, 3.8) is 0 Å². The van der Waals surface area contributed by atoms with E-state index in [2.05, 4.69) is 9.80 Å². The minimum Gasteiger partial charge on any atom is -0.427 e. The largest absolute Gasteiger partial charge is 0.427 e. The fourth-order valence-corrected chi connectivity index (χ4v) is 4.72. The quantitative estimate of drug-likeness (QED) is 0.538. The SMILES string of the molecule is CON(C)C(=O)CCN1CCC[C@@H]1CO.Cc1cccc2c(=O)oc(CCN3CC[C@@H](O)C3)cc12. The summed E-state index contributed by atoms with van der Waals surface area (Å²) in [6.07, 6.45) is 3.92. The molecule has 0 radical (unpaired) electrons. The number of benzene rings is 1. The van der Waals surface area contributed by atoms with Gasteiger partial charge in [0.05, 0.1) is 25.2 Å². The number of aryl methyl sites for hydroxylation is 1. The van der Waals surface area contributed by atoms with E-state index in [-0.39, 0.29) is 30.3 Å². The number of carbonyl (C=O) groups excluding carboxylic acids is 1. The first kappa shape index (κ1) is 27.3. The molecule has 0 saturated carbocycles. The first-order valence-electron chi connectivity index (χ1n) is 12.4. The van der Waals surface area contributed by atoms with Crippen LogP contribution in [0.4, 0.5) is 0 Å². The van der Waals surface area contributed by atoms with E-state index in [0.29, 0.717) is 24.8 Å². The van der Waals surface area contributed by atoms with Gasteiger partial charge in [-0.15, -0.1) is 0 Å². The third kappa shape index (κ3) is 7.59. The van der Waals surface area contributed by atoms with E-state index >= 15 is 0 Å². The molecular formula is C26H39N3O6. The molecular weight excluding hydrogens is 450 g/mol. The summed E-state index contributed by atoms with van der Waals surface area (Å²) < 4.78 is 5.39. The lowest BCUT2D eigenvalue weighted by molar-refractivity contribution is -0.169. The Morgan fingerprint density at radius 2 is 2.03 bits per heavy atom. The summed E-state index contributed by atoms with van der Waals surface area (Å²) in [5.74, 6) is 0.694. The number of hydrogen-bond acceptors (Lipinski definition) is 8. The summed E-state index contributed by atoms with van der Waals surface area (Å²) in [5, 5.41) is 21.5. The Bertz CT molecular complexity index is 1030. The molecule has 9 heteroatoms. The Morgan fingerprint density at radius 1 is 1.23 bits per heavy atom. The maximum atomic E-state index is 12.0. The van der Waals surface area contributed by atoms with Crippen LogP contribution in [0.5, 0.6) is 0 Å². The van der Waals surface area contributed by atoms with Crippen LogP contribution in [-0.2, 0) is 16.1 Å². The number of nitrogens with zero attached hydrogens (tertiary/aromatic N) is 3. The van der Waals surface area contributed by atoms with Crippen LogP contribution < -0.4 is 5.63 Å². The molecule has 0 bridgehead atoms. The molecule has 0 spiro atoms. The highest BCUT2D eigenvalue weighted by Crippen LogP contribution is 2.18. The van der Waals surface area contributed by atoms with Gasteiger partial charge in [-0.3, -0.25) is 14.5 Å². The number of rotatable bonds is 8. The van der Waals surface area contributed by atoms with E-state index in [1.165, 1.54) is 12.2 Å². The number of fused-ring (bicyclic) bond motifs is 1. The summed E-state index contributed by atoms with van der Waals surface area (Å²) >= 11 is 0. The molecule has 3 heterocycles. The van der Waals surface area contributed by atoms with Gasteiger partial charge < -0.3 is 19.5 Å². The van der Waals surface area contributed by atoms with Gasteiger partial charge >= 0.3 is 5.63 Å². The van der Waals surface area contributed by atoms with Crippen molar-refractivity contribution in [3.05, 3.63) is 46.0 Å². The maximum absolute atomic E-state index is 12.0. The van der Waals surface area contributed by atoms with Crippen molar-refractivity contribution in [2.45, 2.75) is 51.2 Å². The zero-order valence-electron chi connectivity index (χ0n) is 21.1. The van der Waals surface area contributed by atoms with Crippen LogP contribution in [0.15, 0.2) is 33.5 Å². The Morgan fingerprint density at radius 3 is 2.71 bits per heavy atom. The van der Waals surface area contributed by atoms with Gasteiger partial charge in [-0.1, -0.05) is 12.1 Å². The molecule has 194 valence electrons. The zero-order chi connectivity index (χ0) is 25.4. The number of hydrogen-bond donors (Lipinski definition) is 2. The second-order valence-corrected chi connectivity index (χ2v) is 9.37. The highest BCUT2D eigenvalue weighted by Gasteiger charge is 2.24. The van der Waals surface area contributed by atoms with Crippen LogP contribution in [-0.4, -0.2) is 96.6 Å². The fraction of sp³-hybridized carbons (Fsp3) is 0.615. The van der Waals surface area contributed by atoms with Gasteiger partial charge in [0.2, 0.25) is 5.91 Å². The van der Waals surface area contributed by atoms with E-state index < -0.39 is 0 Å². The van der Waals surface area contributed by atoms with Gasteiger partial charge in [0.25, 0.3) is 0 Å². The highest BCUT2D eigenvalue weighted by atomic mass is 16.7. The summed E-state index contributed by atoms with van der Waals surface area (Å²) in [4.78, 5) is 32.6. The molecule has 4 rings (SSSR count). The van der Waals surface area contributed by atoms with Gasteiger partial charge in [-0.05, 0) is 55.8 Å². The van der Waals surface area contributed by atoms with E-state index in [0.717, 1.165) is 62.2 Å². The predicted molar refractivity (Wildman–Crippen MR) is 134 cm³/mol. The number of hydroxylamine groups is 2. The number of β-amino-alcohol motifs (C(OH)–C–C–N with tert-alkyl or cyclic N) is 1. The monoisotopic (exact) mass is 489 g/mol. The lowest BCUT2D eigenvalue weighted by Gasteiger charge is -2.23. The average molecular weight is 490 g/mol. The van der Waals surface area contributed by atoms with Crippen molar-refractivity contribution in [2.75, 3.05) is 53.5 Å². The fourth-order valence-electron chi connectivity index (χ4n) is 4.72. The molecule has 2 saturated heterocycles. The van der Waals surface area contributed by atoms with Crippen molar-refractivity contribution < 1.29 is 24.3 Å². The van der Waals surface area contributed by atoms with E-state index in [4.69, 9.17) is 14.4 Å². The van der Waals surface area contributed by atoms with Crippen molar-refractivity contribution >= 4 is 16.7 Å². The topological polar surface area (TPSA) is 107 Å². The molecule has 2 fully saturated rings. The summed E-state index contributed by atoms with van der Waals surface area (Å²) in [5.41, 5.74) is 0.830. The standard InChI is InChI=1S/C16H19NO3.C10H20N2O3/c1-11-3-2-4-14-15(11)9-13(20-16(14)19)6-8-17-7-5-12(18)10-17;1-11(15-2)10(14)5-7-12-6-3-4-9(12)8-13/h2-4,9,12,18H,5-8,10H2,1H3;9,13H,3-8H2,1-2H3/t12-;9-/m11/s1. The van der Waals surface area contributed by atoms with Crippen LogP contribution in [0.3, 0.4) is 0 Å². The number of likely N-dealkylation sites (tertiary alicyclic amines) is 2. The second-order valence-electron chi connectivity index (χ2n) is 9.37. The van der Waals surface area contributed by atoms with Crippen molar-refractivity contribution in [1.29, 1.82) is 0 Å². The molecule has 2 atom stereocenters. The van der Waals surface area contributed by atoms with E-state index in [9.17, 15) is 14.7 Å². The van der Waals surface area contributed by atoms with E-state index in [1.807, 2.05) is 25.1 Å². The molecule has 2 aliphatic rings. The minimum absolute atomic E-state index is 0.0268. The summed E-state index contributed by atoms with van der Waals surface area (Å²) in [6.45, 7) is 6.33. The molecule has 2 N–H and O–H groups in total. The molecule has 2 aliphatic heterocycles. The molecule has 0 aliphatic carbocycles. The number of aliphatic hydroxyl groups excluding tert-OH is 2. The lowest BCUT2D eigenvalue weighted by Crippen LogP contribution is -2.36. The highest BCUT2D eigenvalue weighted by molar-refractivity contribution is 5.84. The van der Waals surface area contributed by atoms with Crippen LogP contribution in [0, 0.1) is 6.92 Å². The average Bonchev–Trinajstić information content (AvgIpc) is 3.50. The molecule has 0 unspecified atom stereocenters. The number of amides is 1. The predicted octanol–water partition coefficient (Wildman–Crippen LogP) is 1.56. The maximum Gasteiger partial charge on any atom is 0.343 e.